The van der Waals surface area contributed by atoms with Gasteiger partial charge in [0.1, 0.15) is 0 Å². The van der Waals surface area contributed by atoms with Crippen LogP contribution in [0.4, 0.5) is 10.5 Å². The van der Waals surface area contributed by atoms with Crippen LogP contribution >= 0.6 is 0 Å². The highest BCUT2D eigenvalue weighted by Crippen LogP contribution is 2.52. The molecule has 1 aromatic carbocycles. The summed E-state index contributed by atoms with van der Waals surface area (Å²) in [4.78, 5) is 15.5. The first-order valence-electron chi connectivity index (χ1n) is 6.97. The molecule has 0 radical (unpaired) electrons. The Morgan fingerprint density at radius 3 is 2.95 bits per heavy atom. The Hall–Kier alpha value is -1.75. The van der Waals surface area contributed by atoms with E-state index in [1.165, 1.54) is 11.3 Å². The van der Waals surface area contributed by atoms with Crippen molar-refractivity contribution >= 4 is 11.8 Å². The molecule has 0 aliphatic carbocycles. The standard InChI is InChI=1S/C15H21N3O2/c1-15-7-8-17(2)13(15)18(3)11-6-4-5-10(12(11)15)9-16-14(19)20/h4-6,13,16H,7-9H2,1-3H3,(H,19,20)/t13-,15+/m0/s1. The third-order valence-electron chi connectivity index (χ3n) is 4.85. The van der Waals surface area contributed by atoms with Gasteiger partial charge in [0.2, 0.25) is 0 Å². The number of hydrogen-bond acceptors (Lipinski definition) is 3. The Kier molecular flexibility index (Phi) is 2.90. The molecule has 2 aliphatic rings. The first kappa shape index (κ1) is 13.2. The summed E-state index contributed by atoms with van der Waals surface area (Å²) >= 11 is 0. The lowest BCUT2D eigenvalue weighted by atomic mass is 9.79. The summed E-state index contributed by atoms with van der Waals surface area (Å²) in [6.45, 7) is 3.75. The first-order valence-corrected chi connectivity index (χ1v) is 6.97. The van der Waals surface area contributed by atoms with Crippen molar-refractivity contribution in [2.75, 3.05) is 25.5 Å². The Labute approximate surface area is 119 Å². The summed E-state index contributed by atoms with van der Waals surface area (Å²) in [5.74, 6) is 0. The molecule has 1 amide bonds. The average molecular weight is 275 g/mol. The number of nitrogens with one attached hydrogen (secondary N) is 1. The molecule has 2 atom stereocenters. The maximum Gasteiger partial charge on any atom is 0.404 e. The maximum atomic E-state index is 10.8. The van der Waals surface area contributed by atoms with Crippen LogP contribution in [-0.2, 0) is 12.0 Å². The van der Waals surface area contributed by atoms with Gasteiger partial charge in [0.15, 0.2) is 0 Å². The smallest absolute Gasteiger partial charge is 0.404 e. The Bertz CT molecular complexity index is 560. The number of carbonyl (C=O) groups is 1. The number of anilines is 1. The lowest BCUT2D eigenvalue weighted by Crippen LogP contribution is -2.45. The van der Waals surface area contributed by atoms with Crippen LogP contribution in [0.2, 0.25) is 0 Å². The monoisotopic (exact) mass is 275 g/mol. The van der Waals surface area contributed by atoms with Gasteiger partial charge in [0, 0.05) is 31.2 Å². The third kappa shape index (κ3) is 1.69. The SMILES string of the molecule is CN1CC[C@]2(C)c3c(CNC(=O)O)cccc3N(C)[C@H]12. The van der Waals surface area contributed by atoms with E-state index in [4.69, 9.17) is 5.11 Å². The molecule has 0 aromatic heterocycles. The van der Waals surface area contributed by atoms with E-state index in [0.717, 1.165) is 18.5 Å². The average Bonchev–Trinajstić information content (AvgIpc) is 2.82. The fourth-order valence-electron chi connectivity index (χ4n) is 4.11. The minimum Gasteiger partial charge on any atom is -0.465 e. The Balaban J connectivity index is 2.06. The van der Waals surface area contributed by atoms with Crippen molar-refractivity contribution in [3.05, 3.63) is 29.3 Å². The summed E-state index contributed by atoms with van der Waals surface area (Å²) in [7, 11) is 4.29. The van der Waals surface area contributed by atoms with Crippen molar-refractivity contribution < 1.29 is 9.90 Å². The van der Waals surface area contributed by atoms with Crippen molar-refractivity contribution in [1.82, 2.24) is 10.2 Å². The number of hydrogen-bond donors (Lipinski definition) is 2. The largest absolute Gasteiger partial charge is 0.465 e. The van der Waals surface area contributed by atoms with E-state index in [0.29, 0.717) is 12.7 Å². The molecule has 1 fully saturated rings. The van der Waals surface area contributed by atoms with Crippen LogP contribution in [0.15, 0.2) is 18.2 Å². The van der Waals surface area contributed by atoms with Gasteiger partial charge in [-0.25, -0.2) is 4.79 Å². The first-order chi connectivity index (χ1) is 9.45. The zero-order chi connectivity index (χ0) is 14.5. The molecule has 5 heteroatoms. The van der Waals surface area contributed by atoms with Crippen LogP contribution in [0.25, 0.3) is 0 Å². The van der Waals surface area contributed by atoms with Crippen LogP contribution < -0.4 is 10.2 Å². The highest BCUT2D eigenvalue weighted by molar-refractivity contribution is 5.68. The molecule has 108 valence electrons. The number of benzene rings is 1. The maximum absolute atomic E-state index is 10.8. The van der Waals surface area contributed by atoms with Crippen molar-refractivity contribution in [2.24, 2.45) is 0 Å². The molecule has 1 aromatic rings. The molecule has 20 heavy (non-hydrogen) atoms. The molecule has 2 aliphatic heterocycles. The molecule has 0 bridgehead atoms. The Morgan fingerprint density at radius 2 is 2.25 bits per heavy atom. The van der Waals surface area contributed by atoms with Crippen LogP contribution in [-0.4, -0.2) is 42.9 Å². The summed E-state index contributed by atoms with van der Waals surface area (Å²) < 4.78 is 0. The highest BCUT2D eigenvalue weighted by Gasteiger charge is 2.52. The van der Waals surface area contributed by atoms with Gasteiger partial charge in [-0.05, 0) is 30.7 Å². The summed E-state index contributed by atoms with van der Waals surface area (Å²) in [5.41, 5.74) is 3.71. The highest BCUT2D eigenvalue weighted by atomic mass is 16.4. The zero-order valence-electron chi connectivity index (χ0n) is 12.2. The minimum atomic E-state index is -0.973. The quantitative estimate of drug-likeness (QED) is 0.864. The van der Waals surface area contributed by atoms with Gasteiger partial charge < -0.3 is 15.3 Å². The van der Waals surface area contributed by atoms with E-state index in [9.17, 15) is 4.79 Å². The van der Waals surface area contributed by atoms with Gasteiger partial charge in [-0.2, -0.15) is 0 Å². The van der Waals surface area contributed by atoms with Gasteiger partial charge in [-0.3, -0.25) is 4.90 Å². The third-order valence-corrected chi connectivity index (χ3v) is 4.85. The summed E-state index contributed by atoms with van der Waals surface area (Å²) in [6, 6.07) is 6.18. The molecule has 0 unspecified atom stereocenters. The molecule has 5 nitrogen and oxygen atoms in total. The fourth-order valence-corrected chi connectivity index (χ4v) is 4.11. The van der Waals surface area contributed by atoms with E-state index in [1.54, 1.807) is 0 Å². The van der Waals surface area contributed by atoms with E-state index in [-0.39, 0.29) is 5.41 Å². The number of carboxylic acid groups (broad SMARTS) is 1. The second kappa shape index (κ2) is 4.38. The molecule has 3 rings (SSSR count). The molecule has 2 N–H and O–H groups in total. The van der Waals surface area contributed by atoms with Crippen LogP contribution in [0.3, 0.4) is 0 Å². The molecule has 0 saturated carbocycles. The number of fused-ring (bicyclic) bond motifs is 3. The minimum absolute atomic E-state index is 0.0790. The number of likely N-dealkylation sites (N-methyl/N-ethyl adjacent to an activating group) is 2. The second-order valence-electron chi connectivity index (χ2n) is 6.10. The Morgan fingerprint density at radius 1 is 1.50 bits per heavy atom. The zero-order valence-corrected chi connectivity index (χ0v) is 12.2. The molecule has 1 saturated heterocycles. The van der Waals surface area contributed by atoms with Gasteiger partial charge in [-0.1, -0.05) is 19.1 Å². The molecule has 0 spiro atoms. The number of likely N-dealkylation sites (tertiary alicyclic amines) is 1. The van der Waals surface area contributed by atoms with Gasteiger partial charge in [0.25, 0.3) is 0 Å². The van der Waals surface area contributed by atoms with E-state index >= 15 is 0 Å². The lowest BCUT2D eigenvalue weighted by molar-refractivity contribution is 0.194. The van der Waals surface area contributed by atoms with Gasteiger partial charge in [0.05, 0.1) is 6.17 Å². The lowest BCUT2D eigenvalue weighted by Gasteiger charge is -2.32. The predicted molar refractivity (Wildman–Crippen MR) is 78.1 cm³/mol. The molecular formula is C15H21N3O2. The van der Waals surface area contributed by atoms with Crippen LogP contribution in [0, 0.1) is 0 Å². The van der Waals surface area contributed by atoms with E-state index in [1.807, 2.05) is 12.1 Å². The predicted octanol–water partition coefficient (Wildman–Crippen LogP) is 1.82. The van der Waals surface area contributed by atoms with Crippen molar-refractivity contribution in [3.63, 3.8) is 0 Å². The van der Waals surface area contributed by atoms with E-state index in [2.05, 4.69) is 42.2 Å². The second-order valence-corrected chi connectivity index (χ2v) is 6.10. The molecular weight excluding hydrogens is 254 g/mol. The summed E-state index contributed by atoms with van der Waals surface area (Å²) in [6.07, 6.45) is 0.498. The summed E-state index contributed by atoms with van der Waals surface area (Å²) in [5, 5.41) is 11.3. The normalized spacial score (nSPS) is 28.4. The van der Waals surface area contributed by atoms with Gasteiger partial charge in [-0.15, -0.1) is 0 Å². The number of rotatable bonds is 2. The number of amides is 1. The van der Waals surface area contributed by atoms with Crippen LogP contribution in [0.1, 0.15) is 24.5 Å². The van der Waals surface area contributed by atoms with Crippen molar-refractivity contribution in [3.8, 4) is 0 Å². The van der Waals surface area contributed by atoms with Gasteiger partial charge >= 0.3 is 6.09 Å². The van der Waals surface area contributed by atoms with E-state index < -0.39 is 6.09 Å². The number of nitrogens with zero attached hydrogens (tertiary/aromatic N) is 2. The topological polar surface area (TPSA) is 55.8 Å². The van der Waals surface area contributed by atoms with Crippen LogP contribution in [0.5, 0.6) is 0 Å². The fraction of sp³-hybridized carbons (Fsp3) is 0.533. The molecule has 2 heterocycles. The van der Waals surface area contributed by atoms with Crippen molar-refractivity contribution in [1.29, 1.82) is 0 Å². The van der Waals surface area contributed by atoms with Crippen molar-refractivity contribution in [2.45, 2.75) is 31.5 Å².